The average molecular weight is 380 g/mol. The molecule has 1 N–H and O–H groups in total. The van der Waals surface area contributed by atoms with Crippen LogP contribution in [0.25, 0.3) is 0 Å². The molecule has 3 atom stereocenters. The van der Waals surface area contributed by atoms with Crippen molar-refractivity contribution in [3.63, 3.8) is 0 Å². The zero-order valence-corrected chi connectivity index (χ0v) is 14.9. The van der Waals surface area contributed by atoms with Crippen LogP contribution in [0.4, 0.5) is 0 Å². The number of carbonyl (C=O) groups excluding carboxylic acids is 1. The lowest BCUT2D eigenvalue weighted by Gasteiger charge is -2.34. The van der Waals surface area contributed by atoms with Crippen LogP contribution < -0.4 is 4.72 Å². The van der Waals surface area contributed by atoms with E-state index in [0.29, 0.717) is 13.0 Å². The number of nitrogens with one attached hydrogen (secondary N) is 1. The number of carbonyl (C=O) groups is 1. The maximum Gasteiger partial charge on any atom is 0.311 e. The van der Waals surface area contributed by atoms with Gasteiger partial charge in [-0.15, -0.1) is 16.1 Å². The maximum atomic E-state index is 12.2. The molecule has 4 nitrogen and oxygen atoms in total. The first-order valence-electron chi connectivity index (χ1n) is 6.44. The fraction of sp³-hybridized carbons (Fsp3) is 0.615. The number of hydrogen-bond acceptors (Lipinski definition) is 5. The molecular weight excluding hydrogens is 362 g/mol. The Morgan fingerprint density at radius 2 is 2.35 bits per heavy atom. The molecule has 112 valence electrons. The molecule has 0 aliphatic carbocycles. The van der Waals surface area contributed by atoms with Gasteiger partial charge in [-0.1, -0.05) is 0 Å². The van der Waals surface area contributed by atoms with Crippen LogP contribution in [0.15, 0.2) is 15.9 Å². The molecule has 1 aliphatic rings. The summed E-state index contributed by atoms with van der Waals surface area (Å²) in [5, 5.41) is 1.95. The number of esters is 1. The summed E-state index contributed by atoms with van der Waals surface area (Å²) in [6.45, 7) is 6.14. The van der Waals surface area contributed by atoms with Crippen molar-refractivity contribution < 1.29 is 14.1 Å². The van der Waals surface area contributed by atoms with Crippen molar-refractivity contribution in [1.29, 1.82) is 0 Å². The van der Waals surface area contributed by atoms with Crippen LogP contribution in [0.2, 0.25) is 0 Å². The second-order valence-corrected chi connectivity index (χ2v) is 8.86. The first kappa shape index (κ1) is 16.3. The molecule has 1 aromatic heterocycles. The summed E-state index contributed by atoms with van der Waals surface area (Å²) in [6, 6.07) is 1.97. The van der Waals surface area contributed by atoms with Gasteiger partial charge < -0.3 is 9.29 Å². The number of cyclic esters (lactones) is 1. The number of rotatable bonds is 5. The molecule has 0 radical (unpaired) electrons. The van der Waals surface area contributed by atoms with Gasteiger partial charge >= 0.3 is 5.97 Å². The average Bonchev–Trinajstić information content (AvgIpc) is 2.98. The first-order chi connectivity index (χ1) is 9.34. The predicted molar refractivity (Wildman–Crippen MR) is 84.9 cm³/mol. The SMILES string of the molecule is CC(C)[S@@+]([O-])N[C@](C)(c1cc(Br)cs1)C1CCOC1=O. The van der Waals surface area contributed by atoms with Crippen LogP contribution in [0.1, 0.15) is 32.1 Å². The lowest BCUT2D eigenvalue weighted by atomic mass is 9.84. The van der Waals surface area contributed by atoms with Crippen molar-refractivity contribution in [1.82, 2.24) is 4.72 Å². The van der Waals surface area contributed by atoms with E-state index < -0.39 is 16.9 Å². The van der Waals surface area contributed by atoms with Crippen LogP contribution in [0.3, 0.4) is 0 Å². The highest BCUT2D eigenvalue weighted by Gasteiger charge is 2.48. The molecule has 0 amide bonds. The molecule has 2 heterocycles. The van der Waals surface area contributed by atoms with Gasteiger partial charge in [0.25, 0.3) is 0 Å². The smallest absolute Gasteiger partial charge is 0.311 e. The van der Waals surface area contributed by atoms with Gasteiger partial charge in [0, 0.05) is 26.1 Å². The Balaban J connectivity index is 2.34. The molecule has 0 spiro atoms. The van der Waals surface area contributed by atoms with Gasteiger partial charge in [0.1, 0.15) is 10.8 Å². The van der Waals surface area contributed by atoms with Crippen molar-refractivity contribution in [3.05, 3.63) is 20.8 Å². The molecule has 20 heavy (non-hydrogen) atoms. The van der Waals surface area contributed by atoms with Gasteiger partial charge in [-0.05, 0) is 49.2 Å². The quantitative estimate of drug-likeness (QED) is 0.630. The molecule has 1 unspecified atom stereocenters. The summed E-state index contributed by atoms with van der Waals surface area (Å²) < 4.78 is 21.5. The fourth-order valence-corrected chi connectivity index (χ4v) is 4.80. The van der Waals surface area contributed by atoms with Crippen LogP contribution in [-0.4, -0.2) is 22.4 Å². The van der Waals surface area contributed by atoms with E-state index in [1.165, 1.54) is 0 Å². The Bertz CT molecular complexity index is 494. The lowest BCUT2D eigenvalue weighted by Crippen LogP contribution is -2.51. The minimum absolute atomic E-state index is 0.0184. The van der Waals surface area contributed by atoms with Gasteiger partial charge in [0.2, 0.25) is 0 Å². The Hall–Kier alpha value is -0.0800. The Morgan fingerprint density at radius 3 is 2.80 bits per heavy atom. The number of ether oxygens (including phenoxy) is 1. The van der Waals surface area contributed by atoms with Gasteiger partial charge in [-0.2, -0.15) is 0 Å². The molecule has 0 aromatic carbocycles. The largest absolute Gasteiger partial charge is 0.598 e. The summed E-state index contributed by atoms with van der Waals surface area (Å²) in [5.41, 5.74) is -0.667. The first-order valence-corrected chi connectivity index (χ1v) is 9.32. The molecule has 0 saturated carbocycles. The van der Waals surface area contributed by atoms with Crippen molar-refractivity contribution >= 4 is 44.6 Å². The predicted octanol–water partition coefficient (Wildman–Crippen LogP) is 2.95. The third kappa shape index (κ3) is 3.22. The molecule has 1 aliphatic heterocycles. The summed E-state index contributed by atoms with van der Waals surface area (Å²) in [6.07, 6.45) is 0.646. The normalized spacial score (nSPS) is 23.7. The molecule has 7 heteroatoms. The molecule has 1 fully saturated rings. The molecule has 2 rings (SSSR count). The van der Waals surface area contributed by atoms with E-state index in [1.54, 1.807) is 11.3 Å². The van der Waals surface area contributed by atoms with E-state index in [9.17, 15) is 9.35 Å². The second kappa shape index (κ2) is 6.36. The fourth-order valence-electron chi connectivity index (χ4n) is 2.23. The maximum absolute atomic E-state index is 12.2. The molecular formula is C13H18BrNO3S2. The minimum atomic E-state index is -1.21. The van der Waals surface area contributed by atoms with E-state index in [2.05, 4.69) is 20.7 Å². The summed E-state index contributed by atoms with van der Waals surface area (Å²) in [4.78, 5) is 13.0. The van der Waals surface area contributed by atoms with Crippen molar-refractivity contribution in [2.24, 2.45) is 5.92 Å². The van der Waals surface area contributed by atoms with Gasteiger partial charge in [-0.25, -0.2) is 0 Å². The standard InChI is InChI=1S/C13H18BrNO3S2/c1-8(2)20(17)15-13(3,10-4-5-18-12(10)16)11-6-9(14)7-19-11/h6-8,10,15H,4-5H2,1-3H3/t10?,13-,20+/m0/s1. The Morgan fingerprint density at radius 1 is 1.65 bits per heavy atom. The van der Waals surface area contributed by atoms with Crippen LogP contribution in [-0.2, 0) is 26.4 Å². The van der Waals surface area contributed by atoms with Crippen molar-refractivity contribution in [2.75, 3.05) is 6.61 Å². The highest BCUT2D eigenvalue weighted by Crippen LogP contribution is 2.40. The molecule has 0 bridgehead atoms. The van der Waals surface area contributed by atoms with Crippen molar-refractivity contribution in [2.45, 2.75) is 38.0 Å². The second-order valence-electron chi connectivity index (χ2n) is 5.29. The van der Waals surface area contributed by atoms with Crippen LogP contribution in [0, 0.1) is 5.92 Å². The summed E-state index contributed by atoms with van der Waals surface area (Å²) in [7, 11) is 0. The van der Waals surface area contributed by atoms with E-state index in [0.717, 1.165) is 9.35 Å². The zero-order chi connectivity index (χ0) is 14.9. The third-order valence-electron chi connectivity index (χ3n) is 3.45. The van der Waals surface area contributed by atoms with E-state index >= 15 is 0 Å². The molecule has 1 saturated heterocycles. The topological polar surface area (TPSA) is 61.4 Å². The van der Waals surface area contributed by atoms with Crippen LogP contribution in [0.5, 0.6) is 0 Å². The summed E-state index contributed by atoms with van der Waals surface area (Å²) in [5.74, 6) is -0.527. The third-order valence-corrected chi connectivity index (χ3v) is 6.86. The Kier molecular flexibility index (Phi) is 5.18. The summed E-state index contributed by atoms with van der Waals surface area (Å²) >= 11 is 3.77. The van der Waals surface area contributed by atoms with Gasteiger partial charge in [0.05, 0.1) is 12.5 Å². The van der Waals surface area contributed by atoms with Crippen LogP contribution >= 0.6 is 27.3 Å². The van der Waals surface area contributed by atoms with E-state index in [-0.39, 0.29) is 17.1 Å². The number of thiophene rings is 1. The zero-order valence-electron chi connectivity index (χ0n) is 11.6. The van der Waals surface area contributed by atoms with Gasteiger partial charge in [0.15, 0.2) is 0 Å². The highest BCUT2D eigenvalue weighted by atomic mass is 79.9. The van der Waals surface area contributed by atoms with Crippen molar-refractivity contribution in [3.8, 4) is 0 Å². The monoisotopic (exact) mass is 379 g/mol. The minimum Gasteiger partial charge on any atom is -0.598 e. The highest BCUT2D eigenvalue weighted by molar-refractivity contribution is 9.10. The molecule has 1 aromatic rings. The van der Waals surface area contributed by atoms with E-state index in [4.69, 9.17) is 4.74 Å². The Labute approximate surface area is 134 Å². The lowest BCUT2D eigenvalue weighted by molar-refractivity contribution is -0.143. The number of halogens is 1. The van der Waals surface area contributed by atoms with E-state index in [1.807, 2.05) is 32.2 Å². The number of hydrogen-bond donors (Lipinski definition) is 1. The van der Waals surface area contributed by atoms with Gasteiger partial charge in [-0.3, -0.25) is 4.79 Å².